The number of benzene rings is 1. The van der Waals surface area contributed by atoms with Gasteiger partial charge in [-0.05, 0) is 32.8 Å². The van der Waals surface area contributed by atoms with Gasteiger partial charge >= 0.3 is 6.09 Å². The Balaban J connectivity index is 2.47. The molecule has 1 aromatic rings. The molecule has 8 heteroatoms. The van der Waals surface area contributed by atoms with Crippen LogP contribution >= 0.6 is 0 Å². The van der Waals surface area contributed by atoms with Crippen molar-refractivity contribution in [2.45, 2.75) is 32.8 Å². The van der Waals surface area contributed by atoms with Crippen molar-refractivity contribution in [2.24, 2.45) is 4.99 Å². The molecule has 0 aliphatic rings. The Morgan fingerprint density at radius 2 is 1.61 bits per heavy atom. The largest absolute Gasteiger partial charge is 0.444 e. The van der Waals surface area contributed by atoms with Crippen molar-refractivity contribution in [2.75, 3.05) is 40.3 Å². The monoisotopic (exact) mass is 391 g/mol. The minimum atomic E-state index is -0.532. The maximum Gasteiger partial charge on any atom is 0.407 e. The van der Waals surface area contributed by atoms with Gasteiger partial charge in [0.15, 0.2) is 5.96 Å². The molecule has 0 aliphatic carbocycles. The maximum atomic E-state index is 11.8. The fourth-order valence-electron chi connectivity index (χ4n) is 2.09. The summed E-state index contributed by atoms with van der Waals surface area (Å²) in [6, 6.07) is 10.1. The minimum absolute atomic E-state index is 0.0488. The second kappa shape index (κ2) is 11.8. The first-order valence-electron chi connectivity index (χ1n) is 9.40. The van der Waals surface area contributed by atoms with Crippen molar-refractivity contribution < 1.29 is 14.3 Å². The number of nitrogens with zero attached hydrogens (tertiary/aromatic N) is 2. The Kier molecular flexibility index (Phi) is 9.84. The molecule has 156 valence electrons. The summed E-state index contributed by atoms with van der Waals surface area (Å²) >= 11 is 0. The van der Waals surface area contributed by atoms with Crippen LogP contribution in [0.3, 0.4) is 0 Å². The average Bonchev–Trinajstić information content (AvgIpc) is 2.61. The summed E-state index contributed by atoms with van der Waals surface area (Å²) in [6.07, 6.45) is 0.367. The number of hydrogen-bond acceptors (Lipinski definition) is 4. The first-order valence-corrected chi connectivity index (χ1v) is 9.40. The molecule has 0 saturated heterocycles. The molecule has 0 aromatic heterocycles. The predicted octanol–water partition coefficient (Wildman–Crippen LogP) is 1.38. The molecule has 0 unspecified atom stereocenters. The van der Waals surface area contributed by atoms with Crippen molar-refractivity contribution >= 4 is 18.0 Å². The van der Waals surface area contributed by atoms with Crippen LogP contribution in [0.5, 0.6) is 0 Å². The molecule has 1 aromatic carbocycles. The Labute approximate surface area is 167 Å². The fraction of sp³-hybridized carbons (Fsp3) is 0.550. The van der Waals surface area contributed by atoms with Crippen molar-refractivity contribution in [3.8, 4) is 0 Å². The Morgan fingerprint density at radius 3 is 2.21 bits per heavy atom. The van der Waals surface area contributed by atoms with Gasteiger partial charge in [0.1, 0.15) is 12.1 Å². The SMILES string of the molecule is CN(C)C(=O)CN=C(NCCNC(=O)OC(C)(C)C)NCCc1ccccc1. The number of likely N-dealkylation sites (N-methyl/N-ethyl adjacent to an activating group) is 1. The highest BCUT2D eigenvalue weighted by atomic mass is 16.6. The number of nitrogens with one attached hydrogen (secondary N) is 3. The lowest BCUT2D eigenvalue weighted by Crippen LogP contribution is -2.43. The van der Waals surface area contributed by atoms with E-state index >= 15 is 0 Å². The summed E-state index contributed by atoms with van der Waals surface area (Å²) in [6.45, 7) is 6.98. The highest BCUT2D eigenvalue weighted by molar-refractivity contribution is 5.84. The highest BCUT2D eigenvalue weighted by Gasteiger charge is 2.15. The third-order valence-electron chi connectivity index (χ3n) is 3.51. The molecular weight excluding hydrogens is 358 g/mol. The quantitative estimate of drug-likeness (QED) is 0.354. The van der Waals surface area contributed by atoms with Gasteiger partial charge in [-0.15, -0.1) is 0 Å². The van der Waals surface area contributed by atoms with E-state index in [2.05, 4.69) is 33.1 Å². The first kappa shape index (κ1) is 23.3. The molecule has 3 N–H and O–H groups in total. The molecule has 0 atom stereocenters. The van der Waals surface area contributed by atoms with Gasteiger partial charge < -0.3 is 25.6 Å². The van der Waals surface area contributed by atoms with Crippen LogP contribution in [0.4, 0.5) is 4.79 Å². The topological polar surface area (TPSA) is 95.1 Å². The predicted molar refractivity (Wildman–Crippen MR) is 111 cm³/mol. The number of aliphatic imine (C=N–C) groups is 1. The van der Waals surface area contributed by atoms with Crippen molar-refractivity contribution in [3.05, 3.63) is 35.9 Å². The van der Waals surface area contributed by atoms with Gasteiger partial charge in [-0.2, -0.15) is 0 Å². The molecule has 0 aliphatic heterocycles. The number of carbonyl (C=O) groups is 2. The number of carbonyl (C=O) groups excluding carboxylic acids is 2. The van der Waals surface area contributed by atoms with Crippen LogP contribution in [0.2, 0.25) is 0 Å². The average molecular weight is 392 g/mol. The Morgan fingerprint density at radius 1 is 1.00 bits per heavy atom. The number of rotatable bonds is 8. The zero-order chi connectivity index (χ0) is 21.0. The van der Waals surface area contributed by atoms with Crippen molar-refractivity contribution in [3.63, 3.8) is 0 Å². The summed E-state index contributed by atoms with van der Waals surface area (Å²) in [5, 5.41) is 9.01. The van der Waals surface area contributed by atoms with Crippen molar-refractivity contribution in [1.29, 1.82) is 0 Å². The molecule has 0 fully saturated rings. The smallest absolute Gasteiger partial charge is 0.407 e. The lowest BCUT2D eigenvalue weighted by Gasteiger charge is -2.20. The number of amides is 2. The maximum absolute atomic E-state index is 11.8. The zero-order valence-electron chi connectivity index (χ0n) is 17.5. The number of guanidine groups is 1. The van der Waals surface area contributed by atoms with Crippen LogP contribution in [-0.4, -0.2) is 68.7 Å². The third kappa shape index (κ3) is 11.1. The van der Waals surface area contributed by atoms with Crippen molar-refractivity contribution in [1.82, 2.24) is 20.9 Å². The van der Waals surface area contributed by atoms with Crippen LogP contribution in [0, 0.1) is 0 Å². The molecule has 28 heavy (non-hydrogen) atoms. The van der Waals surface area contributed by atoms with Gasteiger partial charge in [0.2, 0.25) is 5.91 Å². The van der Waals surface area contributed by atoms with E-state index in [4.69, 9.17) is 4.74 Å². The Bertz CT molecular complexity index is 639. The van der Waals surface area contributed by atoms with Crippen LogP contribution in [0.25, 0.3) is 0 Å². The minimum Gasteiger partial charge on any atom is -0.444 e. The number of ether oxygens (including phenoxy) is 1. The molecule has 0 bridgehead atoms. The van der Waals surface area contributed by atoms with E-state index in [1.54, 1.807) is 14.1 Å². The first-order chi connectivity index (χ1) is 13.2. The van der Waals surface area contributed by atoms with E-state index < -0.39 is 11.7 Å². The lowest BCUT2D eigenvalue weighted by atomic mass is 10.1. The lowest BCUT2D eigenvalue weighted by molar-refractivity contribution is -0.127. The van der Waals surface area contributed by atoms with Crippen LogP contribution in [-0.2, 0) is 16.0 Å². The molecule has 1 rings (SSSR count). The summed E-state index contributed by atoms with van der Waals surface area (Å²) in [7, 11) is 3.39. The highest BCUT2D eigenvalue weighted by Crippen LogP contribution is 2.06. The molecule has 8 nitrogen and oxygen atoms in total. The van der Waals surface area contributed by atoms with E-state index in [-0.39, 0.29) is 12.5 Å². The number of alkyl carbamates (subject to hydrolysis) is 1. The third-order valence-corrected chi connectivity index (χ3v) is 3.51. The zero-order valence-corrected chi connectivity index (χ0v) is 17.5. The molecule has 2 amide bonds. The summed E-state index contributed by atoms with van der Waals surface area (Å²) in [4.78, 5) is 29.3. The van der Waals surface area contributed by atoms with E-state index in [1.807, 2.05) is 39.0 Å². The second-order valence-corrected chi connectivity index (χ2v) is 7.47. The summed E-state index contributed by atoms with van der Waals surface area (Å²) in [5.41, 5.74) is 0.681. The number of hydrogen-bond donors (Lipinski definition) is 3. The van der Waals surface area contributed by atoms with E-state index in [9.17, 15) is 9.59 Å². The van der Waals surface area contributed by atoms with Gasteiger partial charge in [-0.3, -0.25) is 4.79 Å². The van der Waals surface area contributed by atoms with Crippen LogP contribution < -0.4 is 16.0 Å². The molecule has 0 radical (unpaired) electrons. The van der Waals surface area contributed by atoms with Gasteiger partial charge in [-0.1, -0.05) is 30.3 Å². The standard InChI is InChI=1S/C20H33N5O3/c1-20(2,3)28-19(27)23-14-13-22-18(24-15-17(26)25(4)5)21-12-11-16-9-7-6-8-10-16/h6-10H,11-15H2,1-5H3,(H,23,27)(H2,21,22,24). The van der Waals surface area contributed by atoms with E-state index in [0.717, 1.165) is 6.42 Å². The van der Waals surface area contributed by atoms with Gasteiger partial charge in [0.25, 0.3) is 0 Å². The second-order valence-electron chi connectivity index (χ2n) is 7.47. The van der Waals surface area contributed by atoms with E-state index in [0.29, 0.717) is 25.6 Å². The fourth-order valence-corrected chi connectivity index (χ4v) is 2.09. The summed E-state index contributed by atoms with van der Waals surface area (Å²) in [5.74, 6) is 0.438. The van der Waals surface area contributed by atoms with Crippen LogP contribution in [0.15, 0.2) is 35.3 Å². The van der Waals surface area contributed by atoms with Gasteiger partial charge in [0.05, 0.1) is 0 Å². The van der Waals surface area contributed by atoms with Crippen LogP contribution in [0.1, 0.15) is 26.3 Å². The molecule has 0 saturated carbocycles. The Hall–Kier alpha value is -2.77. The summed E-state index contributed by atoms with van der Waals surface area (Å²) < 4.78 is 5.19. The van der Waals surface area contributed by atoms with Gasteiger partial charge in [-0.25, -0.2) is 9.79 Å². The molecule has 0 heterocycles. The van der Waals surface area contributed by atoms with Gasteiger partial charge in [0, 0.05) is 33.7 Å². The van der Waals surface area contributed by atoms with E-state index in [1.165, 1.54) is 10.5 Å². The normalized spacial score (nSPS) is 11.5. The molecule has 0 spiro atoms. The molecular formula is C20H33N5O3.